The summed E-state index contributed by atoms with van der Waals surface area (Å²) in [6.07, 6.45) is 1.17. The van der Waals surface area contributed by atoms with Crippen LogP contribution in [0.2, 0.25) is 0 Å². The van der Waals surface area contributed by atoms with E-state index >= 15 is 0 Å². The van der Waals surface area contributed by atoms with Gasteiger partial charge >= 0.3 is 0 Å². The second-order valence-corrected chi connectivity index (χ2v) is 4.43. The first kappa shape index (κ1) is 11.3. The summed E-state index contributed by atoms with van der Waals surface area (Å²) in [5, 5.41) is 3.41. The molecule has 1 N–H and O–H groups in total. The van der Waals surface area contributed by atoms with Crippen LogP contribution in [0.3, 0.4) is 0 Å². The first-order valence-corrected chi connectivity index (χ1v) is 5.58. The first-order valence-electron chi connectivity index (χ1n) is 5.58. The maximum absolute atomic E-state index is 5.29. The van der Waals surface area contributed by atoms with Crippen LogP contribution in [-0.4, -0.2) is 21.3 Å². The van der Waals surface area contributed by atoms with Crippen molar-refractivity contribution in [2.75, 3.05) is 21.3 Å². The average Bonchev–Trinajstić information content (AvgIpc) is 3.00. The van der Waals surface area contributed by atoms with E-state index in [-0.39, 0.29) is 5.54 Å². The molecule has 16 heavy (non-hydrogen) atoms. The van der Waals surface area contributed by atoms with E-state index in [2.05, 4.69) is 24.4 Å². The molecule has 3 nitrogen and oxygen atoms in total. The normalized spacial score (nSPS) is 27.6. The molecule has 2 unspecified atom stereocenters. The summed E-state index contributed by atoms with van der Waals surface area (Å²) in [6.45, 7) is 2.25. The summed E-state index contributed by atoms with van der Waals surface area (Å²) < 4.78 is 10.6. The molecule has 1 aromatic rings. The lowest BCUT2D eigenvalue weighted by molar-refractivity contribution is 0.390. The number of methoxy groups -OCH3 is 2. The molecule has 1 aromatic carbocycles. The molecule has 1 fully saturated rings. The molecule has 0 bridgehead atoms. The van der Waals surface area contributed by atoms with E-state index in [1.54, 1.807) is 14.2 Å². The van der Waals surface area contributed by atoms with Gasteiger partial charge in [-0.15, -0.1) is 0 Å². The van der Waals surface area contributed by atoms with Crippen LogP contribution < -0.4 is 14.8 Å². The zero-order valence-corrected chi connectivity index (χ0v) is 10.3. The summed E-state index contributed by atoms with van der Waals surface area (Å²) >= 11 is 0. The van der Waals surface area contributed by atoms with E-state index in [0.717, 1.165) is 11.5 Å². The standard InChI is InChI=1S/C13H19NO2/c1-9-8-13(9,14-2)10-5-11(15-3)7-12(6-10)16-4/h5-7,9,14H,8H2,1-4H3. The van der Waals surface area contributed by atoms with Gasteiger partial charge in [0.1, 0.15) is 11.5 Å². The molecule has 0 heterocycles. The van der Waals surface area contributed by atoms with Crippen molar-refractivity contribution in [3.05, 3.63) is 23.8 Å². The Morgan fingerprint density at radius 1 is 1.19 bits per heavy atom. The highest BCUT2D eigenvalue weighted by Crippen LogP contribution is 2.52. The van der Waals surface area contributed by atoms with Gasteiger partial charge in [0.15, 0.2) is 0 Å². The van der Waals surface area contributed by atoms with Crippen LogP contribution in [0.4, 0.5) is 0 Å². The maximum Gasteiger partial charge on any atom is 0.122 e. The third kappa shape index (κ3) is 1.65. The van der Waals surface area contributed by atoms with Crippen molar-refractivity contribution in [2.45, 2.75) is 18.9 Å². The Kier molecular flexibility index (Phi) is 2.80. The fourth-order valence-corrected chi connectivity index (χ4v) is 2.38. The molecule has 0 spiro atoms. The highest BCUT2D eigenvalue weighted by molar-refractivity contribution is 5.44. The molecule has 2 atom stereocenters. The smallest absolute Gasteiger partial charge is 0.122 e. The van der Waals surface area contributed by atoms with Crippen molar-refractivity contribution in [3.63, 3.8) is 0 Å². The van der Waals surface area contributed by atoms with Crippen molar-refractivity contribution in [1.29, 1.82) is 0 Å². The molecule has 0 amide bonds. The Balaban J connectivity index is 2.40. The molecule has 0 aromatic heterocycles. The molecule has 0 radical (unpaired) electrons. The number of benzene rings is 1. The van der Waals surface area contributed by atoms with Crippen molar-refractivity contribution in [3.8, 4) is 11.5 Å². The number of ether oxygens (including phenoxy) is 2. The molecule has 3 heteroatoms. The van der Waals surface area contributed by atoms with Crippen LogP contribution in [-0.2, 0) is 5.54 Å². The van der Waals surface area contributed by atoms with Gasteiger partial charge in [0.25, 0.3) is 0 Å². The minimum Gasteiger partial charge on any atom is -0.497 e. The number of rotatable bonds is 4. The summed E-state index contributed by atoms with van der Waals surface area (Å²) in [6, 6.07) is 6.07. The van der Waals surface area contributed by atoms with Gasteiger partial charge in [0.2, 0.25) is 0 Å². The summed E-state index contributed by atoms with van der Waals surface area (Å²) in [5.41, 5.74) is 1.36. The maximum atomic E-state index is 5.29. The second kappa shape index (κ2) is 3.98. The van der Waals surface area contributed by atoms with Crippen LogP contribution in [0.25, 0.3) is 0 Å². The van der Waals surface area contributed by atoms with E-state index in [1.165, 1.54) is 12.0 Å². The summed E-state index contributed by atoms with van der Waals surface area (Å²) in [5.74, 6) is 2.36. The monoisotopic (exact) mass is 221 g/mol. The average molecular weight is 221 g/mol. The first-order chi connectivity index (χ1) is 7.66. The SMILES string of the molecule is CNC1(c2cc(OC)cc(OC)c2)CC1C. The van der Waals surface area contributed by atoms with E-state index in [9.17, 15) is 0 Å². The topological polar surface area (TPSA) is 30.5 Å². The van der Waals surface area contributed by atoms with Crippen LogP contribution in [0.5, 0.6) is 11.5 Å². The van der Waals surface area contributed by atoms with Crippen LogP contribution in [0, 0.1) is 5.92 Å². The Hall–Kier alpha value is -1.22. The third-order valence-corrected chi connectivity index (χ3v) is 3.62. The lowest BCUT2D eigenvalue weighted by atomic mass is 10.0. The van der Waals surface area contributed by atoms with Gasteiger partial charge in [-0.3, -0.25) is 0 Å². The summed E-state index contributed by atoms with van der Waals surface area (Å²) in [4.78, 5) is 0. The Morgan fingerprint density at radius 2 is 1.69 bits per heavy atom. The Morgan fingerprint density at radius 3 is 2.00 bits per heavy atom. The fraction of sp³-hybridized carbons (Fsp3) is 0.538. The predicted molar refractivity (Wildman–Crippen MR) is 64.1 cm³/mol. The second-order valence-electron chi connectivity index (χ2n) is 4.43. The largest absolute Gasteiger partial charge is 0.497 e. The van der Waals surface area contributed by atoms with Gasteiger partial charge < -0.3 is 14.8 Å². The van der Waals surface area contributed by atoms with Crippen molar-refractivity contribution in [1.82, 2.24) is 5.32 Å². The predicted octanol–water partition coefficient (Wildman–Crippen LogP) is 2.16. The van der Waals surface area contributed by atoms with Gasteiger partial charge in [-0.1, -0.05) is 6.92 Å². The lowest BCUT2D eigenvalue weighted by Gasteiger charge is -2.18. The Bertz CT molecular complexity index is 365. The molecule has 1 aliphatic rings. The van der Waals surface area contributed by atoms with Gasteiger partial charge in [-0.25, -0.2) is 0 Å². The fourth-order valence-electron chi connectivity index (χ4n) is 2.38. The molecular formula is C13H19NO2. The Labute approximate surface area is 96.8 Å². The van der Waals surface area contributed by atoms with E-state index in [4.69, 9.17) is 9.47 Å². The lowest BCUT2D eigenvalue weighted by Crippen LogP contribution is -2.26. The third-order valence-electron chi connectivity index (χ3n) is 3.62. The van der Waals surface area contributed by atoms with Crippen LogP contribution in [0.15, 0.2) is 18.2 Å². The van der Waals surface area contributed by atoms with Crippen LogP contribution in [0.1, 0.15) is 18.9 Å². The molecule has 0 saturated heterocycles. The highest BCUT2D eigenvalue weighted by atomic mass is 16.5. The van der Waals surface area contributed by atoms with Gasteiger partial charge in [0.05, 0.1) is 14.2 Å². The molecule has 1 saturated carbocycles. The summed E-state index contributed by atoms with van der Waals surface area (Å²) in [7, 11) is 5.37. The minimum atomic E-state index is 0.113. The highest BCUT2D eigenvalue weighted by Gasteiger charge is 2.51. The van der Waals surface area contributed by atoms with Gasteiger partial charge in [0, 0.05) is 11.6 Å². The molecule has 1 aliphatic carbocycles. The number of hydrogen-bond donors (Lipinski definition) is 1. The molecule has 0 aliphatic heterocycles. The molecule has 88 valence electrons. The van der Waals surface area contributed by atoms with Gasteiger partial charge in [-0.2, -0.15) is 0 Å². The van der Waals surface area contributed by atoms with Crippen LogP contribution >= 0.6 is 0 Å². The van der Waals surface area contributed by atoms with Crippen molar-refractivity contribution in [2.24, 2.45) is 5.92 Å². The van der Waals surface area contributed by atoms with Gasteiger partial charge in [-0.05, 0) is 37.1 Å². The number of hydrogen-bond acceptors (Lipinski definition) is 3. The number of nitrogens with one attached hydrogen (secondary N) is 1. The van der Waals surface area contributed by atoms with E-state index in [1.807, 2.05) is 13.1 Å². The van der Waals surface area contributed by atoms with E-state index < -0.39 is 0 Å². The van der Waals surface area contributed by atoms with E-state index in [0.29, 0.717) is 5.92 Å². The van der Waals surface area contributed by atoms with Crippen molar-refractivity contribution < 1.29 is 9.47 Å². The quantitative estimate of drug-likeness (QED) is 0.845. The molecule has 2 rings (SSSR count). The zero-order valence-electron chi connectivity index (χ0n) is 10.3. The molecular weight excluding hydrogens is 202 g/mol. The minimum absolute atomic E-state index is 0.113. The zero-order chi connectivity index (χ0) is 11.8. The van der Waals surface area contributed by atoms with Crippen molar-refractivity contribution >= 4 is 0 Å².